The molecule has 0 aliphatic carbocycles. The van der Waals surface area contributed by atoms with Crippen molar-refractivity contribution in [3.8, 4) is 0 Å². The third kappa shape index (κ3) is 26.4. The molecule has 205 valence electrons. The lowest BCUT2D eigenvalue weighted by atomic mass is 10.2. The van der Waals surface area contributed by atoms with Gasteiger partial charge in [-0.3, -0.25) is 9.98 Å². The van der Waals surface area contributed by atoms with Crippen LogP contribution >= 0.6 is 0 Å². The summed E-state index contributed by atoms with van der Waals surface area (Å²) in [7, 11) is 0. The average molecular weight is 501 g/mol. The first-order valence-electron chi connectivity index (χ1n) is 11.9. The first-order valence-corrected chi connectivity index (χ1v) is 11.9. The molecule has 1 aliphatic heterocycles. The van der Waals surface area contributed by atoms with E-state index >= 15 is 0 Å². The average Bonchev–Trinajstić information content (AvgIpc) is 3.25. The van der Waals surface area contributed by atoms with Crippen LogP contribution in [-0.4, -0.2) is 79.9 Å². The quantitative estimate of drug-likeness (QED) is 0.290. The fourth-order valence-corrected chi connectivity index (χ4v) is 2.41. The Kier molecular flexibility index (Phi) is 21.7. The molecule has 0 aromatic carbocycles. The van der Waals surface area contributed by atoms with Crippen LogP contribution < -0.4 is 10.2 Å². The predicted molar refractivity (Wildman–Crippen MR) is 134 cm³/mol. The highest BCUT2D eigenvalue weighted by Gasteiger charge is 2.15. The lowest BCUT2D eigenvalue weighted by molar-refractivity contribution is -0.262. The summed E-state index contributed by atoms with van der Waals surface area (Å²) in [6.45, 7) is 16.2. The molecule has 2 N–H and O–H groups in total. The number of rotatable bonds is 8. The topological polar surface area (TPSA) is 156 Å². The van der Waals surface area contributed by atoms with Gasteiger partial charge in [0.2, 0.25) is 0 Å². The number of nitrogens with zero attached hydrogens (tertiary/aromatic N) is 2. The highest BCUT2D eigenvalue weighted by molar-refractivity contribution is 5.76. The van der Waals surface area contributed by atoms with Crippen molar-refractivity contribution in [3.05, 3.63) is 0 Å². The van der Waals surface area contributed by atoms with E-state index in [0.29, 0.717) is 19.3 Å². The SMILES string of the molecule is C1CCOC1.CCC[C@@H](CO)N=C([O-])OC(C)(C)C.CCC[C@H](N=C([O-])OC(C)(C)C)C(=O)O.[B]. The summed E-state index contributed by atoms with van der Waals surface area (Å²) in [5, 5.41) is 40.1. The normalized spacial score (nSPS) is 15.9. The molecule has 0 saturated carbocycles. The van der Waals surface area contributed by atoms with Crippen LogP contribution in [0, 0.1) is 0 Å². The summed E-state index contributed by atoms with van der Waals surface area (Å²) in [5.74, 6) is -1.09. The number of carboxylic acid groups (broad SMARTS) is 1. The Labute approximate surface area is 213 Å². The summed E-state index contributed by atoms with van der Waals surface area (Å²) < 4.78 is 14.8. The summed E-state index contributed by atoms with van der Waals surface area (Å²) in [6.07, 6.45) is 3.74. The Bertz CT molecular complexity index is 590. The maximum Gasteiger partial charge on any atom is 0.328 e. The van der Waals surface area contributed by atoms with Crippen LogP contribution in [0.3, 0.4) is 0 Å². The van der Waals surface area contributed by atoms with Crippen LogP contribution in [-0.2, 0) is 19.0 Å². The van der Waals surface area contributed by atoms with Gasteiger partial charge >= 0.3 is 5.97 Å². The molecule has 0 unspecified atom stereocenters. The molecule has 1 rings (SSSR count). The van der Waals surface area contributed by atoms with Crippen LogP contribution in [0.2, 0.25) is 0 Å². The second kappa shape index (κ2) is 20.2. The monoisotopic (exact) mass is 501 g/mol. The van der Waals surface area contributed by atoms with E-state index in [9.17, 15) is 15.0 Å². The molecule has 3 radical (unpaired) electrons. The predicted octanol–water partition coefficient (Wildman–Crippen LogP) is 1.87. The highest BCUT2D eigenvalue weighted by atomic mass is 16.6. The zero-order chi connectivity index (χ0) is 26.8. The van der Waals surface area contributed by atoms with Crippen molar-refractivity contribution in [1.82, 2.24) is 0 Å². The van der Waals surface area contributed by atoms with Gasteiger partial charge in [-0.25, -0.2) is 4.79 Å². The van der Waals surface area contributed by atoms with Gasteiger partial charge in [0.05, 0.1) is 12.6 Å². The Morgan fingerprint density at radius 2 is 1.34 bits per heavy atom. The van der Waals surface area contributed by atoms with Crippen molar-refractivity contribution in [2.45, 2.75) is 117 Å². The maximum atomic E-state index is 11.2. The summed E-state index contributed by atoms with van der Waals surface area (Å²) in [5.41, 5.74) is -1.16. The number of carboxylic acids is 1. The van der Waals surface area contributed by atoms with Crippen LogP contribution in [0.25, 0.3) is 0 Å². The van der Waals surface area contributed by atoms with Crippen molar-refractivity contribution in [2.24, 2.45) is 9.98 Å². The fraction of sp³-hybridized carbons (Fsp3) is 0.875. The lowest BCUT2D eigenvalue weighted by Gasteiger charge is -2.30. The fourth-order valence-electron chi connectivity index (χ4n) is 2.41. The molecule has 0 aromatic heterocycles. The molecule has 2 atom stereocenters. The van der Waals surface area contributed by atoms with E-state index in [1.165, 1.54) is 12.8 Å². The minimum atomic E-state index is -1.09. The van der Waals surface area contributed by atoms with Gasteiger partial charge in [-0.05, 0) is 25.7 Å². The molecule has 1 saturated heterocycles. The van der Waals surface area contributed by atoms with Crippen LogP contribution in [0.15, 0.2) is 9.98 Å². The van der Waals surface area contributed by atoms with E-state index < -0.39 is 35.4 Å². The summed E-state index contributed by atoms with van der Waals surface area (Å²) in [6, 6.07) is -1.32. The molecule has 1 fully saturated rings. The number of aliphatic carboxylic acids is 1. The van der Waals surface area contributed by atoms with Crippen molar-refractivity contribution < 1.29 is 39.4 Å². The van der Waals surface area contributed by atoms with Gasteiger partial charge in [0.15, 0.2) is 0 Å². The molecular formula is C24H46BN2O8-2. The van der Waals surface area contributed by atoms with E-state index in [1.54, 1.807) is 41.5 Å². The van der Waals surface area contributed by atoms with E-state index in [1.807, 2.05) is 13.8 Å². The van der Waals surface area contributed by atoms with E-state index in [-0.39, 0.29) is 21.1 Å². The summed E-state index contributed by atoms with van der Waals surface area (Å²) >= 11 is 0. The standard InChI is InChI=1S/C10H19NO4.C10H21NO3.C4H8O.B/c1-5-6-7(8(12)13)11-9(14)15-10(2,3)4;1-5-6-8(7-12)11-9(13)14-10(2,3)4;1-2-4-5-3-1;/h7H,5-6H2,1-4H3,(H,11,14)(H,12,13);8,12H,5-7H2,1-4H3,(H,11,13);1-4H2;/p-2/t7-;8-;;/m00../s1. The Morgan fingerprint density at radius 3 is 1.63 bits per heavy atom. The number of aliphatic hydroxyl groups excluding tert-OH is 1. The van der Waals surface area contributed by atoms with Gasteiger partial charge in [-0.2, -0.15) is 0 Å². The second-order valence-corrected chi connectivity index (χ2v) is 9.81. The number of ether oxygens (including phenoxy) is 3. The van der Waals surface area contributed by atoms with E-state index in [0.717, 1.165) is 19.6 Å². The molecule has 35 heavy (non-hydrogen) atoms. The molecule has 0 spiro atoms. The van der Waals surface area contributed by atoms with Crippen LogP contribution in [0.1, 0.15) is 93.9 Å². The lowest BCUT2D eigenvalue weighted by Crippen LogP contribution is -2.34. The first kappa shape index (κ1) is 37.5. The smallest absolute Gasteiger partial charge is 0.328 e. The molecule has 1 heterocycles. The Balaban J connectivity index is -0.000000475. The van der Waals surface area contributed by atoms with Crippen molar-refractivity contribution in [3.63, 3.8) is 0 Å². The van der Waals surface area contributed by atoms with Gasteiger partial charge in [-0.1, -0.05) is 68.2 Å². The number of hydrogen-bond acceptors (Lipinski definition) is 9. The van der Waals surface area contributed by atoms with E-state index in [4.69, 9.17) is 24.4 Å². The first-order chi connectivity index (χ1) is 15.6. The molecule has 10 nitrogen and oxygen atoms in total. The molecule has 11 heteroatoms. The minimum absolute atomic E-state index is 0. The van der Waals surface area contributed by atoms with Gasteiger partial charge in [-0.15, -0.1) is 0 Å². The van der Waals surface area contributed by atoms with Crippen LogP contribution in [0.4, 0.5) is 0 Å². The Hall–Kier alpha value is -2.01. The number of hydrogen-bond donors (Lipinski definition) is 2. The van der Waals surface area contributed by atoms with Crippen molar-refractivity contribution in [2.75, 3.05) is 19.8 Å². The van der Waals surface area contributed by atoms with Crippen molar-refractivity contribution in [1.29, 1.82) is 0 Å². The van der Waals surface area contributed by atoms with E-state index in [2.05, 4.69) is 9.98 Å². The highest BCUT2D eigenvalue weighted by Crippen LogP contribution is 2.09. The third-order valence-corrected chi connectivity index (χ3v) is 3.84. The van der Waals surface area contributed by atoms with Gasteiger partial charge in [0.1, 0.15) is 18.2 Å². The minimum Gasteiger partial charge on any atom is -0.595 e. The Morgan fingerprint density at radius 1 is 0.914 bits per heavy atom. The van der Waals surface area contributed by atoms with Gasteiger partial charge < -0.3 is 34.6 Å². The number of aliphatic imine (C=N–C) groups is 2. The van der Waals surface area contributed by atoms with Gasteiger partial charge in [0, 0.05) is 32.8 Å². The molecular weight excluding hydrogens is 455 g/mol. The zero-order valence-electron chi connectivity index (χ0n) is 22.8. The number of carbonyl (C=O) groups is 1. The van der Waals surface area contributed by atoms with Crippen molar-refractivity contribution >= 4 is 26.5 Å². The molecule has 0 bridgehead atoms. The van der Waals surface area contributed by atoms with Gasteiger partial charge in [0.25, 0.3) is 0 Å². The second-order valence-electron chi connectivity index (χ2n) is 9.81. The maximum absolute atomic E-state index is 11.2. The zero-order valence-corrected chi connectivity index (χ0v) is 22.8. The third-order valence-electron chi connectivity index (χ3n) is 3.84. The van der Waals surface area contributed by atoms with Crippen LogP contribution in [0.5, 0.6) is 0 Å². The largest absolute Gasteiger partial charge is 0.595 e. The summed E-state index contributed by atoms with van der Waals surface area (Å²) in [4.78, 5) is 17.9. The number of aliphatic hydroxyl groups is 1. The molecule has 0 amide bonds. The molecule has 1 aliphatic rings. The molecule has 0 aromatic rings.